The molecule has 0 amide bonds. The molecule has 0 atom stereocenters. The molecule has 0 heterocycles. The van der Waals surface area contributed by atoms with Gasteiger partial charge in [-0.2, -0.15) is 0 Å². The predicted molar refractivity (Wildman–Crippen MR) is 113 cm³/mol. The zero-order valence-corrected chi connectivity index (χ0v) is 16.9. The number of rotatable bonds is 8. The van der Waals surface area contributed by atoms with Crippen molar-refractivity contribution in [3.05, 3.63) is 70.3 Å². The van der Waals surface area contributed by atoms with Crippen LogP contribution in [0.4, 0.5) is 8.78 Å². The lowest BCUT2D eigenvalue weighted by atomic mass is 10.0. The van der Waals surface area contributed by atoms with Crippen molar-refractivity contribution in [3.63, 3.8) is 0 Å². The number of hydrogen-bond donors (Lipinski definition) is 0. The second-order valence-electron chi connectivity index (χ2n) is 7.01. The highest BCUT2D eigenvalue weighted by atomic mass is 19.2. The molecule has 146 valence electrons. The summed E-state index contributed by atoms with van der Waals surface area (Å²) in [6, 6.07) is 11.3. The first-order valence-corrected chi connectivity index (χ1v) is 10.2. The smallest absolute Gasteiger partial charge is 0.174 e. The summed E-state index contributed by atoms with van der Waals surface area (Å²) in [5.41, 5.74) is 2.64. The topological polar surface area (TPSA) is 0 Å². The van der Waals surface area contributed by atoms with Crippen LogP contribution in [0.5, 0.6) is 0 Å². The highest BCUT2D eigenvalue weighted by Gasteiger charge is 2.11. The molecule has 2 heteroatoms. The molecule has 0 unspecified atom stereocenters. The summed E-state index contributed by atoms with van der Waals surface area (Å²) in [6.07, 6.45) is 8.13. The largest absolute Gasteiger partial charge is 0.203 e. The van der Waals surface area contributed by atoms with Crippen LogP contribution in [0.2, 0.25) is 0 Å². The van der Waals surface area contributed by atoms with Crippen molar-refractivity contribution in [2.75, 3.05) is 0 Å². The minimum absolute atomic E-state index is 0.0546. The van der Waals surface area contributed by atoms with E-state index in [0.717, 1.165) is 37.7 Å². The lowest BCUT2D eigenvalue weighted by Gasteiger charge is -2.05. The molecular weight excluding hydrogens is 350 g/mol. The van der Waals surface area contributed by atoms with Gasteiger partial charge < -0.3 is 0 Å². The molecule has 2 rings (SSSR count). The molecule has 0 aromatic heterocycles. The fraction of sp³-hybridized carbons (Fsp3) is 0.385. The lowest BCUT2D eigenvalue weighted by Crippen LogP contribution is -1.98. The molecule has 2 aromatic carbocycles. The van der Waals surface area contributed by atoms with Crippen molar-refractivity contribution < 1.29 is 8.78 Å². The van der Waals surface area contributed by atoms with Gasteiger partial charge in [-0.05, 0) is 72.8 Å². The van der Waals surface area contributed by atoms with Crippen LogP contribution in [-0.2, 0) is 12.8 Å². The molecule has 0 spiro atoms. The van der Waals surface area contributed by atoms with Gasteiger partial charge in [0.15, 0.2) is 11.6 Å². The summed E-state index contributed by atoms with van der Waals surface area (Å²) in [5, 5.41) is 0. The number of unbranched alkanes of at least 4 members (excludes halogenated alkanes) is 4. The summed E-state index contributed by atoms with van der Waals surface area (Å²) >= 11 is 0. The zero-order valence-electron chi connectivity index (χ0n) is 16.9. The van der Waals surface area contributed by atoms with Gasteiger partial charge in [-0.25, -0.2) is 8.78 Å². The molecule has 0 fully saturated rings. The van der Waals surface area contributed by atoms with Gasteiger partial charge in [-0.15, -0.1) is 0 Å². The van der Waals surface area contributed by atoms with E-state index in [1.54, 1.807) is 12.1 Å². The van der Waals surface area contributed by atoms with Crippen molar-refractivity contribution in [1.29, 1.82) is 0 Å². The molecule has 2 aromatic rings. The van der Waals surface area contributed by atoms with Gasteiger partial charge in [0.1, 0.15) is 0 Å². The third-order valence-electron chi connectivity index (χ3n) is 4.70. The predicted octanol–water partition coefficient (Wildman–Crippen LogP) is 6.83. The summed E-state index contributed by atoms with van der Waals surface area (Å²) in [6.45, 7) is 4.30. The maximum absolute atomic E-state index is 14.2. The van der Waals surface area contributed by atoms with E-state index in [1.165, 1.54) is 18.4 Å². The summed E-state index contributed by atoms with van der Waals surface area (Å²) < 4.78 is 28.4. The fourth-order valence-electron chi connectivity index (χ4n) is 2.96. The SMILES string of the molecule is CCCCCCc1ccc(C#CC#Cc2ccc(CCCC)cc2)c(F)c1F. The minimum Gasteiger partial charge on any atom is -0.203 e. The van der Waals surface area contributed by atoms with Gasteiger partial charge in [-0.3, -0.25) is 0 Å². The first-order chi connectivity index (χ1) is 13.7. The van der Waals surface area contributed by atoms with Crippen LogP contribution in [0.1, 0.15) is 74.6 Å². The Morgan fingerprint density at radius 1 is 0.679 bits per heavy atom. The normalized spacial score (nSPS) is 10.0. The third-order valence-corrected chi connectivity index (χ3v) is 4.70. The van der Waals surface area contributed by atoms with E-state index in [0.29, 0.717) is 12.0 Å². The average molecular weight is 379 g/mol. The summed E-state index contributed by atoms with van der Waals surface area (Å²) in [7, 11) is 0. The maximum Gasteiger partial charge on any atom is 0.174 e. The van der Waals surface area contributed by atoms with Gasteiger partial charge in [0.2, 0.25) is 0 Å². The van der Waals surface area contributed by atoms with Crippen molar-refractivity contribution in [3.8, 4) is 23.7 Å². The molecule has 0 aliphatic carbocycles. The van der Waals surface area contributed by atoms with E-state index >= 15 is 0 Å². The zero-order chi connectivity index (χ0) is 20.2. The standard InChI is InChI=1S/C26H28F2/c1-3-5-7-8-13-23-19-20-24(26(28)25(23)27)14-10-9-12-22-17-15-21(16-18-22)11-6-4-2/h15-20H,3-8,11,13H2,1-2H3. The molecule has 0 bridgehead atoms. The van der Waals surface area contributed by atoms with Crippen LogP contribution < -0.4 is 0 Å². The maximum atomic E-state index is 14.2. The van der Waals surface area contributed by atoms with Crippen LogP contribution in [0.25, 0.3) is 0 Å². The Morgan fingerprint density at radius 3 is 2.11 bits per heavy atom. The van der Waals surface area contributed by atoms with Gasteiger partial charge >= 0.3 is 0 Å². The van der Waals surface area contributed by atoms with E-state index in [-0.39, 0.29) is 5.56 Å². The van der Waals surface area contributed by atoms with Crippen molar-refractivity contribution in [1.82, 2.24) is 0 Å². The van der Waals surface area contributed by atoms with Gasteiger partial charge in [-0.1, -0.05) is 63.7 Å². The Labute approximate surface area is 168 Å². The highest BCUT2D eigenvalue weighted by molar-refractivity contribution is 5.46. The Kier molecular flexibility index (Phi) is 9.30. The molecule has 0 N–H and O–H groups in total. The molecule has 28 heavy (non-hydrogen) atoms. The third kappa shape index (κ3) is 6.86. The van der Waals surface area contributed by atoms with E-state index < -0.39 is 11.6 Å². The average Bonchev–Trinajstić information content (AvgIpc) is 2.72. The van der Waals surface area contributed by atoms with Crippen LogP contribution in [0, 0.1) is 35.3 Å². The Balaban J connectivity index is 2.00. The molecule has 0 saturated carbocycles. The summed E-state index contributed by atoms with van der Waals surface area (Å²) in [4.78, 5) is 0. The van der Waals surface area contributed by atoms with E-state index in [2.05, 4.69) is 49.7 Å². The molecule has 0 aliphatic rings. The van der Waals surface area contributed by atoms with Gasteiger partial charge in [0, 0.05) is 5.56 Å². The number of halogens is 2. The second kappa shape index (κ2) is 12.0. The Morgan fingerprint density at radius 2 is 1.39 bits per heavy atom. The van der Waals surface area contributed by atoms with E-state index in [9.17, 15) is 8.78 Å². The second-order valence-corrected chi connectivity index (χ2v) is 7.01. The van der Waals surface area contributed by atoms with Gasteiger partial charge in [0.05, 0.1) is 5.56 Å². The molecule has 0 nitrogen and oxygen atoms in total. The molecule has 0 radical (unpaired) electrons. The summed E-state index contributed by atoms with van der Waals surface area (Å²) in [5.74, 6) is 9.27. The van der Waals surface area contributed by atoms with Gasteiger partial charge in [0.25, 0.3) is 0 Å². The Bertz CT molecular complexity index is 871. The first-order valence-electron chi connectivity index (χ1n) is 10.2. The van der Waals surface area contributed by atoms with Crippen LogP contribution in [-0.4, -0.2) is 0 Å². The van der Waals surface area contributed by atoms with Crippen LogP contribution >= 0.6 is 0 Å². The lowest BCUT2D eigenvalue weighted by molar-refractivity contribution is 0.493. The van der Waals surface area contributed by atoms with Crippen molar-refractivity contribution in [2.24, 2.45) is 0 Å². The van der Waals surface area contributed by atoms with Crippen LogP contribution in [0.15, 0.2) is 36.4 Å². The Hall–Kier alpha value is -2.58. The quantitative estimate of drug-likeness (QED) is 0.349. The fourth-order valence-corrected chi connectivity index (χ4v) is 2.96. The van der Waals surface area contributed by atoms with E-state index in [4.69, 9.17) is 0 Å². The highest BCUT2D eigenvalue weighted by Crippen LogP contribution is 2.18. The minimum atomic E-state index is -0.873. The number of benzene rings is 2. The molecular formula is C26H28F2. The number of aryl methyl sites for hydroxylation is 2. The molecule has 0 aliphatic heterocycles. The first kappa shape index (κ1) is 21.7. The molecule has 0 saturated heterocycles. The number of hydrogen-bond acceptors (Lipinski definition) is 0. The monoisotopic (exact) mass is 378 g/mol. The van der Waals surface area contributed by atoms with E-state index in [1.807, 2.05) is 12.1 Å². The van der Waals surface area contributed by atoms with Crippen molar-refractivity contribution >= 4 is 0 Å². The van der Waals surface area contributed by atoms with Crippen LogP contribution in [0.3, 0.4) is 0 Å². The van der Waals surface area contributed by atoms with Crippen molar-refractivity contribution in [2.45, 2.75) is 65.2 Å².